The van der Waals surface area contributed by atoms with E-state index in [-0.39, 0.29) is 27.2 Å². The fraction of sp³-hybridized carbons (Fsp3) is 0.571. The number of hydrogen-bond acceptors (Lipinski definition) is 2. The molecule has 11 heavy (non-hydrogen) atoms. The summed E-state index contributed by atoms with van der Waals surface area (Å²) in [5, 5.41) is 0. The molecule has 0 aliphatic heterocycles. The summed E-state index contributed by atoms with van der Waals surface area (Å²) in [7, 11) is 0. The van der Waals surface area contributed by atoms with Crippen molar-refractivity contribution in [2.24, 2.45) is 0 Å². The van der Waals surface area contributed by atoms with E-state index < -0.39 is 0 Å². The van der Waals surface area contributed by atoms with Crippen LogP contribution in [0.4, 0.5) is 4.79 Å². The van der Waals surface area contributed by atoms with E-state index in [1.165, 1.54) is 4.90 Å². The third-order valence-corrected chi connectivity index (χ3v) is 1.07. The molecule has 0 aromatic heterocycles. The van der Waals surface area contributed by atoms with Gasteiger partial charge in [-0.1, -0.05) is 0 Å². The van der Waals surface area contributed by atoms with Crippen LogP contribution in [0.15, 0.2) is 0 Å². The Morgan fingerprint density at radius 1 is 1.45 bits per heavy atom. The summed E-state index contributed by atoms with van der Waals surface area (Å²) in [6.45, 7) is 10.1. The number of amides is 1. The predicted octanol–water partition coefficient (Wildman–Crippen LogP) is 1.11. The van der Waals surface area contributed by atoms with Gasteiger partial charge in [-0.25, -0.2) is 4.79 Å². The summed E-state index contributed by atoms with van der Waals surface area (Å²) in [5.41, 5.74) is 0. The van der Waals surface area contributed by atoms with Gasteiger partial charge in [-0.15, -0.1) is 13.1 Å². The second kappa shape index (κ2) is 8.06. The maximum Gasteiger partial charge on any atom is 2.00 e. The van der Waals surface area contributed by atoms with Gasteiger partial charge in [0.25, 0.3) is 0 Å². The molecule has 0 aromatic carbocycles. The first-order valence-corrected chi connectivity index (χ1v) is 3.26. The molecule has 0 rings (SSSR count). The number of rotatable bonds is 3. The van der Waals surface area contributed by atoms with Gasteiger partial charge < -0.3 is 23.5 Å². The van der Waals surface area contributed by atoms with Gasteiger partial charge >= 0.3 is 27.2 Å². The smallest absolute Gasteiger partial charge is 0.450 e. The van der Waals surface area contributed by atoms with Crippen LogP contribution in [0.25, 0.3) is 0 Å². The van der Waals surface area contributed by atoms with E-state index in [9.17, 15) is 4.79 Å². The van der Waals surface area contributed by atoms with Gasteiger partial charge in [-0.2, -0.15) is 0 Å². The summed E-state index contributed by atoms with van der Waals surface area (Å²) in [6, 6.07) is 0. The second-order valence-corrected chi connectivity index (χ2v) is 1.69. The van der Waals surface area contributed by atoms with E-state index in [0.717, 1.165) is 0 Å². The monoisotopic (exact) mass is 327 g/mol. The Hall–Kier alpha value is -0.0417. The molecule has 0 spiro atoms. The molecule has 0 unspecified atom stereocenters. The van der Waals surface area contributed by atoms with Gasteiger partial charge in [-0.3, -0.25) is 0 Å². The molecule has 0 bridgehead atoms. The zero-order valence-electron chi connectivity index (χ0n) is 6.71. The van der Waals surface area contributed by atoms with Crippen molar-refractivity contribution in [3.63, 3.8) is 0 Å². The third-order valence-electron chi connectivity index (χ3n) is 1.07. The summed E-state index contributed by atoms with van der Waals surface area (Å²) < 4.78 is 4.69. The standard InChI is InChI=1S/C7H13NO2.W/c1-4-8(5-2)7(9)10-6-3;/h1-2,4-6H2,3H3;/q-2;+2. The normalized spacial score (nSPS) is 8.27. The van der Waals surface area contributed by atoms with Crippen molar-refractivity contribution in [1.29, 1.82) is 0 Å². The van der Waals surface area contributed by atoms with E-state index in [1.807, 2.05) is 0 Å². The van der Waals surface area contributed by atoms with Crippen LogP contribution in [0.1, 0.15) is 6.92 Å². The topological polar surface area (TPSA) is 29.5 Å². The molecule has 0 aliphatic rings. The minimum atomic E-state index is -0.340. The third kappa shape index (κ3) is 5.25. The number of ether oxygens (including phenoxy) is 1. The van der Waals surface area contributed by atoms with Crippen LogP contribution < -0.4 is 0 Å². The zero-order valence-corrected chi connectivity index (χ0v) is 9.64. The van der Waals surface area contributed by atoms with Crippen molar-refractivity contribution >= 4 is 6.09 Å². The predicted molar refractivity (Wildman–Crippen MR) is 39.3 cm³/mol. The molecule has 0 atom stereocenters. The molecule has 0 fully saturated rings. The number of carbonyl (C=O) groups is 1. The quantitative estimate of drug-likeness (QED) is 0.727. The maximum absolute atomic E-state index is 10.8. The molecule has 0 aliphatic carbocycles. The summed E-state index contributed by atoms with van der Waals surface area (Å²) in [6.07, 6.45) is -0.340. The van der Waals surface area contributed by atoms with Crippen LogP contribution in [0.5, 0.6) is 0 Å². The van der Waals surface area contributed by atoms with Crippen molar-refractivity contribution in [2.75, 3.05) is 19.7 Å². The molecule has 0 saturated heterocycles. The molecule has 0 heterocycles. The van der Waals surface area contributed by atoms with Crippen molar-refractivity contribution in [3.05, 3.63) is 13.8 Å². The Balaban J connectivity index is 0. The van der Waals surface area contributed by atoms with Crippen LogP contribution in [0.3, 0.4) is 0 Å². The Morgan fingerprint density at radius 2 is 1.91 bits per heavy atom. The number of nitrogens with zero attached hydrogens (tertiary/aromatic N) is 1. The Bertz CT molecular complexity index is 105. The summed E-state index contributed by atoms with van der Waals surface area (Å²) in [4.78, 5) is 12.2. The Kier molecular flexibility index (Phi) is 9.92. The van der Waals surface area contributed by atoms with Crippen LogP contribution in [0, 0.1) is 13.8 Å². The van der Waals surface area contributed by atoms with Crippen molar-refractivity contribution in [3.8, 4) is 0 Å². The van der Waals surface area contributed by atoms with Crippen LogP contribution in [-0.2, 0) is 25.8 Å². The van der Waals surface area contributed by atoms with Crippen molar-refractivity contribution in [1.82, 2.24) is 4.90 Å². The van der Waals surface area contributed by atoms with Crippen molar-refractivity contribution < 1.29 is 30.6 Å². The first-order chi connectivity index (χ1) is 4.76. The average Bonchev–Trinajstić information content (AvgIpc) is 1.91. The molecule has 64 valence electrons. The SMILES string of the molecule is [CH2-]CN(C[CH2-])C(=O)OCC.[W+2]. The number of carbonyl (C=O) groups excluding carboxylic acids is 1. The van der Waals surface area contributed by atoms with E-state index in [2.05, 4.69) is 13.8 Å². The van der Waals surface area contributed by atoms with Crippen LogP contribution in [0.2, 0.25) is 0 Å². The fourth-order valence-electron chi connectivity index (χ4n) is 0.509. The molecular formula is C7H13NO2W. The molecule has 0 aromatic rings. The summed E-state index contributed by atoms with van der Waals surface area (Å²) in [5.74, 6) is 0. The molecule has 0 radical (unpaired) electrons. The molecular weight excluding hydrogens is 314 g/mol. The number of hydrogen-bond donors (Lipinski definition) is 0. The van der Waals surface area contributed by atoms with E-state index in [0.29, 0.717) is 19.7 Å². The molecule has 1 amide bonds. The molecule has 4 heteroatoms. The van der Waals surface area contributed by atoms with Crippen LogP contribution >= 0.6 is 0 Å². The summed E-state index contributed by atoms with van der Waals surface area (Å²) >= 11 is 0. The zero-order chi connectivity index (χ0) is 7.98. The van der Waals surface area contributed by atoms with Gasteiger partial charge in [0, 0.05) is 0 Å². The molecule has 3 nitrogen and oxygen atoms in total. The Labute approximate surface area is 82.4 Å². The molecule has 0 saturated carbocycles. The first-order valence-electron chi connectivity index (χ1n) is 3.26. The van der Waals surface area contributed by atoms with Gasteiger partial charge in [0.2, 0.25) is 0 Å². The largest absolute Gasteiger partial charge is 2.00 e. The minimum absolute atomic E-state index is 0. The van der Waals surface area contributed by atoms with E-state index in [4.69, 9.17) is 4.74 Å². The van der Waals surface area contributed by atoms with Crippen LogP contribution in [-0.4, -0.2) is 30.7 Å². The fourth-order valence-corrected chi connectivity index (χ4v) is 0.509. The minimum Gasteiger partial charge on any atom is -0.450 e. The Morgan fingerprint density at radius 3 is 2.18 bits per heavy atom. The van der Waals surface area contributed by atoms with Gasteiger partial charge in [0.15, 0.2) is 0 Å². The molecule has 0 N–H and O–H groups in total. The maximum atomic E-state index is 10.8. The van der Waals surface area contributed by atoms with Gasteiger partial charge in [-0.05, 0) is 6.92 Å². The average molecular weight is 327 g/mol. The first kappa shape index (κ1) is 13.5. The van der Waals surface area contributed by atoms with E-state index in [1.54, 1.807) is 6.92 Å². The second-order valence-electron chi connectivity index (χ2n) is 1.69. The van der Waals surface area contributed by atoms with Gasteiger partial charge in [0.1, 0.15) is 0 Å². The van der Waals surface area contributed by atoms with Gasteiger partial charge in [0.05, 0.1) is 6.61 Å². The van der Waals surface area contributed by atoms with E-state index >= 15 is 0 Å². The van der Waals surface area contributed by atoms with Crippen molar-refractivity contribution in [2.45, 2.75) is 6.92 Å².